The van der Waals surface area contributed by atoms with Crippen LogP contribution in [-0.4, -0.2) is 48.1 Å². The maximum Gasteiger partial charge on any atom is 0.326 e. The molecule has 0 aliphatic carbocycles. The van der Waals surface area contributed by atoms with Crippen molar-refractivity contribution in [2.24, 2.45) is 5.41 Å². The molecule has 0 aromatic rings. The Bertz CT molecular complexity index is 325. The van der Waals surface area contributed by atoms with Crippen LogP contribution in [0.3, 0.4) is 0 Å². The highest BCUT2D eigenvalue weighted by molar-refractivity contribution is 7.98. The Kier molecular flexibility index (Phi) is 7.37. The van der Waals surface area contributed by atoms with E-state index in [1.807, 2.05) is 6.26 Å². The molecule has 1 fully saturated rings. The highest BCUT2D eigenvalue weighted by atomic mass is 32.2. The van der Waals surface area contributed by atoms with Crippen LogP contribution >= 0.6 is 11.8 Å². The van der Waals surface area contributed by atoms with Crippen LogP contribution in [-0.2, 0) is 9.59 Å². The first-order chi connectivity index (χ1) is 9.55. The van der Waals surface area contributed by atoms with Gasteiger partial charge < -0.3 is 15.7 Å². The summed E-state index contributed by atoms with van der Waals surface area (Å²) in [5.41, 5.74) is -0.430. The third kappa shape index (κ3) is 4.66. The Hall–Kier alpha value is -0.750. The van der Waals surface area contributed by atoms with E-state index in [0.717, 1.165) is 38.0 Å². The van der Waals surface area contributed by atoms with Crippen molar-refractivity contribution < 1.29 is 14.7 Å². The first-order valence-corrected chi connectivity index (χ1v) is 8.68. The molecule has 1 heterocycles. The standard InChI is InChI=1S/C14H26N2O3S/c1-3-6-14(7-4-8-15-10-14)13(19)16-11(12(17)18)5-9-20-2/h11,15H,3-10H2,1-2H3,(H,16,19)(H,17,18). The second-order valence-corrected chi connectivity index (χ2v) is 6.44. The monoisotopic (exact) mass is 302 g/mol. The zero-order valence-electron chi connectivity index (χ0n) is 12.4. The van der Waals surface area contributed by atoms with E-state index in [4.69, 9.17) is 0 Å². The molecule has 0 saturated carbocycles. The molecule has 2 unspecified atom stereocenters. The number of thioether (sulfide) groups is 1. The van der Waals surface area contributed by atoms with E-state index in [9.17, 15) is 14.7 Å². The number of hydrogen-bond acceptors (Lipinski definition) is 4. The summed E-state index contributed by atoms with van der Waals surface area (Å²) in [4.78, 5) is 23.8. The number of carboxylic acids is 1. The number of hydrogen-bond donors (Lipinski definition) is 3. The van der Waals surface area contributed by atoms with Crippen LogP contribution in [0.25, 0.3) is 0 Å². The van der Waals surface area contributed by atoms with Crippen LogP contribution in [0.5, 0.6) is 0 Å². The second-order valence-electron chi connectivity index (χ2n) is 5.46. The third-order valence-corrected chi connectivity index (χ3v) is 4.54. The first-order valence-electron chi connectivity index (χ1n) is 7.29. The van der Waals surface area contributed by atoms with Crippen LogP contribution in [0.4, 0.5) is 0 Å². The number of amides is 1. The zero-order chi connectivity index (χ0) is 15.0. The molecular weight excluding hydrogens is 276 g/mol. The van der Waals surface area contributed by atoms with Gasteiger partial charge in [0.25, 0.3) is 0 Å². The van der Waals surface area contributed by atoms with Crippen LogP contribution in [0.15, 0.2) is 0 Å². The summed E-state index contributed by atoms with van der Waals surface area (Å²) in [6, 6.07) is -0.773. The summed E-state index contributed by atoms with van der Waals surface area (Å²) in [5, 5.41) is 15.3. The quantitative estimate of drug-likeness (QED) is 0.633. The molecule has 2 atom stereocenters. The van der Waals surface area contributed by atoms with Crippen molar-refractivity contribution in [3.05, 3.63) is 0 Å². The molecule has 0 aromatic heterocycles. The van der Waals surface area contributed by atoms with Gasteiger partial charge in [0, 0.05) is 6.54 Å². The predicted octanol–water partition coefficient (Wildman–Crippen LogP) is 1.48. The van der Waals surface area contributed by atoms with Crippen LogP contribution in [0, 0.1) is 5.41 Å². The van der Waals surface area contributed by atoms with Gasteiger partial charge in [-0.15, -0.1) is 0 Å². The molecule has 0 bridgehead atoms. The van der Waals surface area contributed by atoms with Gasteiger partial charge in [0.05, 0.1) is 5.41 Å². The molecule has 0 radical (unpaired) electrons. The normalized spacial score (nSPS) is 24.1. The zero-order valence-corrected chi connectivity index (χ0v) is 13.2. The lowest BCUT2D eigenvalue weighted by Crippen LogP contribution is -2.54. The van der Waals surface area contributed by atoms with Gasteiger partial charge in [-0.1, -0.05) is 13.3 Å². The number of carbonyl (C=O) groups excluding carboxylic acids is 1. The molecule has 1 rings (SSSR count). The largest absolute Gasteiger partial charge is 0.480 e. The van der Waals surface area contributed by atoms with E-state index in [2.05, 4.69) is 17.6 Å². The number of carbonyl (C=O) groups is 2. The Balaban J connectivity index is 2.70. The fourth-order valence-electron chi connectivity index (χ4n) is 2.77. The first kappa shape index (κ1) is 17.3. The van der Waals surface area contributed by atoms with Crippen LogP contribution in [0.1, 0.15) is 39.0 Å². The summed E-state index contributed by atoms with van der Waals surface area (Å²) >= 11 is 1.59. The Labute approximate surface area is 125 Å². The highest BCUT2D eigenvalue weighted by Gasteiger charge is 2.40. The van der Waals surface area contributed by atoms with Crippen molar-refractivity contribution in [1.82, 2.24) is 10.6 Å². The third-order valence-electron chi connectivity index (χ3n) is 3.90. The van der Waals surface area contributed by atoms with Crippen molar-refractivity contribution in [3.63, 3.8) is 0 Å². The average molecular weight is 302 g/mol. The van der Waals surface area contributed by atoms with Gasteiger partial charge in [-0.2, -0.15) is 11.8 Å². The molecule has 5 nitrogen and oxygen atoms in total. The summed E-state index contributed by atoms with van der Waals surface area (Å²) < 4.78 is 0. The minimum atomic E-state index is -0.942. The Morgan fingerprint density at radius 2 is 2.25 bits per heavy atom. The molecule has 3 N–H and O–H groups in total. The molecule has 1 amide bonds. The van der Waals surface area contributed by atoms with Crippen LogP contribution in [0.2, 0.25) is 0 Å². The molecule has 1 aliphatic rings. The van der Waals surface area contributed by atoms with Crippen molar-refractivity contribution in [2.75, 3.05) is 25.1 Å². The molecule has 116 valence electrons. The van der Waals surface area contributed by atoms with E-state index in [1.54, 1.807) is 11.8 Å². The lowest BCUT2D eigenvalue weighted by molar-refractivity contribution is -0.144. The Morgan fingerprint density at radius 3 is 2.75 bits per heavy atom. The van der Waals surface area contributed by atoms with Crippen molar-refractivity contribution in [2.45, 2.75) is 45.1 Å². The molecule has 1 aliphatic heterocycles. The fourth-order valence-corrected chi connectivity index (χ4v) is 3.24. The van der Waals surface area contributed by atoms with Gasteiger partial charge >= 0.3 is 5.97 Å². The summed E-state index contributed by atoms with van der Waals surface area (Å²) in [6.45, 7) is 3.65. The van der Waals surface area contributed by atoms with E-state index >= 15 is 0 Å². The number of rotatable bonds is 8. The van der Waals surface area contributed by atoms with Gasteiger partial charge in [-0.3, -0.25) is 4.79 Å². The maximum absolute atomic E-state index is 12.6. The SMILES string of the molecule is CCCC1(C(=O)NC(CCSC)C(=O)O)CCCNC1. The molecule has 0 spiro atoms. The number of aliphatic carboxylic acids is 1. The smallest absolute Gasteiger partial charge is 0.326 e. The number of carboxylic acid groups (broad SMARTS) is 1. The molecule has 1 saturated heterocycles. The molecule has 6 heteroatoms. The fraction of sp³-hybridized carbons (Fsp3) is 0.857. The number of nitrogens with one attached hydrogen (secondary N) is 2. The lowest BCUT2D eigenvalue weighted by Gasteiger charge is -2.37. The topological polar surface area (TPSA) is 78.4 Å². The van der Waals surface area contributed by atoms with Gasteiger partial charge in [0.2, 0.25) is 5.91 Å². The average Bonchev–Trinajstić information content (AvgIpc) is 2.44. The molecular formula is C14H26N2O3S. The minimum absolute atomic E-state index is 0.0972. The molecule has 0 aromatic carbocycles. The van der Waals surface area contributed by atoms with E-state index in [1.165, 1.54) is 0 Å². The van der Waals surface area contributed by atoms with Gasteiger partial charge in [0.1, 0.15) is 6.04 Å². The van der Waals surface area contributed by atoms with Crippen molar-refractivity contribution in [1.29, 1.82) is 0 Å². The van der Waals surface area contributed by atoms with Gasteiger partial charge in [-0.25, -0.2) is 4.79 Å². The lowest BCUT2D eigenvalue weighted by atomic mass is 9.76. The highest BCUT2D eigenvalue weighted by Crippen LogP contribution is 2.32. The van der Waals surface area contributed by atoms with Crippen molar-refractivity contribution >= 4 is 23.6 Å². The van der Waals surface area contributed by atoms with Crippen LogP contribution < -0.4 is 10.6 Å². The van der Waals surface area contributed by atoms with Gasteiger partial charge in [-0.05, 0) is 44.2 Å². The predicted molar refractivity (Wildman–Crippen MR) is 82.0 cm³/mol. The minimum Gasteiger partial charge on any atom is -0.480 e. The van der Waals surface area contributed by atoms with E-state index in [-0.39, 0.29) is 5.91 Å². The van der Waals surface area contributed by atoms with Crippen molar-refractivity contribution in [3.8, 4) is 0 Å². The summed E-state index contributed by atoms with van der Waals surface area (Å²) in [6.07, 6.45) is 5.95. The van der Waals surface area contributed by atoms with Gasteiger partial charge in [0.15, 0.2) is 0 Å². The maximum atomic E-state index is 12.6. The summed E-state index contributed by atoms with van der Waals surface area (Å²) in [5.74, 6) is -0.307. The second kappa shape index (κ2) is 8.52. The Morgan fingerprint density at radius 1 is 1.50 bits per heavy atom. The van der Waals surface area contributed by atoms with E-state index in [0.29, 0.717) is 13.0 Å². The van der Waals surface area contributed by atoms with E-state index < -0.39 is 17.4 Å². The molecule has 20 heavy (non-hydrogen) atoms. The number of piperidine rings is 1. The summed E-state index contributed by atoms with van der Waals surface area (Å²) in [7, 11) is 0.